The first kappa shape index (κ1) is 18.9. The molecule has 7 nitrogen and oxygen atoms in total. The van der Waals surface area contributed by atoms with E-state index in [-0.39, 0.29) is 5.91 Å². The lowest BCUT2D eigenvalue weighted by Crippen LogP contribution is -2.28. The Kier molecular flexibility index (Phi) is 5.41. The number of benzene rings is 2. The number of hydrogen-bond donors (Lipinski definition) is 3. The van der Waals surface area contributed by atoms with E-state index in [0.29, 0.717) is 29.6 Å². The molecule has 146 valence electrons. The molecule has 2 heterocycles. The number of rotatable bonds is 6. The lowest BCUT2D eigenvalue weighted by atomic mass is 10.1. The molecule has 4 aromatic rings. The molecule has 0 bridgehead atoms. The van der Waals surface area contributed by atoms with Gasteiger partial charge in [-0.3, -0.25) is 4.79 Å². The van der Waals surface area contributed by atoms with Gasteiger partial charge >= 0.3 is 0 Å². The fraction of sp³-hybridized carbons (Fsp3) is 0.0952. The monoisotopic (exact) mass is 406 g/mol. The van der Waals surface area contributed by atoms with Gasteiger partial charge in [0.15, 0.2) is 5.65 Å². The van der Waals surface area contributed by atoms with E-state index in [1.807, 2.05) is 42.6 Å². The highest BCUT2D eigenvalue weighted by Gasteiger charge is 2.11. The molecule has 0 radical (unpaired) electrons. The molecule has 0 saturated heterocycles. The lowest BCUT2D eigenvalue weighted by molar-refractivity contribution is 0.0955. The maximum atomic E-state index is 12.0. The highest BCUT2D eigenvalue weighted by atomic mass is 35.5. The molecule has 4 rings (SSSR count). The van der Waals surface area contributed by atoms with Gasteiger partial charge in [0.1, 0.15) is 0 Å². The van der Waals surface area contributed by atoms with Crippen molar-refractivity contribution in [3.8, 4) is 11.1 Å². The van der Waals surface area contributed by atoms with E-state index in [2.05, 4.69) is 20.7 Å². The second kappa shape index (κ2) is 8.30. The van der Waals surface area contributed by atoms with E-state index >= 15 is 0 Å². The van der Waals surface area contributed by atoms with Crippen molar-refractivity contribution in [1.29, 1.82) is 0 Å². The topological polar surface area (TPSA) is 97.3 Å². The average Bonchev–Trinajstić information content (AvgIpc) is 3.15. The molecule has 0 atom stereocenters. The summed E-state index contributed by atoms with van der Waals surface area (Å²) in [5.74, 6) is 0.304. The van der Waals surface area contributed by atoms with Crippen molar-refractivity contribution in [3.05, 3.63) is 77.4 Å². The third kappa shape index (κ3) is 4.21. The zero-order valence-electron chi connectivity index (χ0n) is 15.5. The number of halogens is 1. The minimum absolute atomic E-state index is 0.154. The van der Waals surface area contributed by atoms with E-state index < -0.39 is 0 Å². The van der Waals surface area contributed by atoms with Gasteiger partial charge in [-0.15, -0.1) is 5.10 Å². The maximum Gasteiger partial charge on any atom is 0.251 e. The third-order valence-electron chi connectivity index (χ3n) is 4.33. The van der Waals surface area contributed by atoms with Gasteiger partial charge in [-0.2, -0.15) is 4.98 Å². The van der Waals surface area contributed by atoms with Crippen LogP contribution in [0, 0.1) is 0 Å². The van der Waals surface area contributed by atoms with E-state index in [1.54, 1.807) is 28.8 Å². The molecule has 0 aliphatic heterocycles. The summed E-state index contributed by atoms with van der Waals surface area (Å²) in [5, 5.41) is 11.1. The van der Waals surface area contributed by atoms with Crippen LogP contribution in [-0.2, 0) is 0 Å². The van der Waals surface area contributed by atoms with Gasteiger partial charge in [0.2, 0.25) is 5.95 Å². The molecule has 0 saturated carbocycles. The molecule has 0 fully saturated rings. The van der Waals surface area contributed by atoms with E-state index in [4.69, 9.17) is 17.3 Å². The predicted molar refractivity (Wildman–Crippen MR) is 115 cm³/mol. The first-order chi connectivity index (χ1) is 14.1. The molecule has 0 aliphatic rings. The molecule has 0 unspecified atom stereocenters. The van der Waals surface area contributed by atoms with Crippen LogP contribution in [0.25, 0.3) is 16.8 Å². The Bertz CT molecular complexity index is 1160. The van der Waals surface area contributed by atoms with Crippen LogP contribution in [0.5, 0.6) is 0 Å². The van der Waals surface area contributed by atoms with Gasteiger partial charge in [-0.05, 0) is 54.1 Å². The number of carbonyl (C=O) groups excluding carboxylic acids is 1. The summed E-state index contributed by atoms with van der Waals surface area (Å²) < 4.78 is 1.72. The summed E-state index contributed by atoms with van der Waals surface area (Å²) >= 11 is 6.13. The van der Waals surface area contributed by atoms with Crippen LogP contribution >= 0.6 is 11.6 Å². The fourth-order valence-corrected chi connectivity index (χ4v) is 3.15. The molecular weight excluding hydrogens is 388 g/mol. The molecule has 4 N–H and O–H groups in total. The third-order valence-corrected chi connectivity index (χ3v) is 4.57. The normalized spacial score (nSPS) is 10.8. The Labute approximate surface area is 172 Å². The first-order valence-electron chi connectivity index (χ1n) is 9.11. The fourth-order valence-electron chi connectivity index (χ4n) is 2.96. The number of pyridine rings is 1. The highest BCUT2D eigenvalue weighted by molar-refractivity contribution is 6.30. The number of fused-ring (bicyclic) bond motifs is 1. The summed E-state index contributed by atoms with van der Waals surface area (Å²) in [7, 11) is 0. The van der Waals surface area contributed by atoms with E-state index in [1.165, 1.54) is 0 Å². The van der Waals surface area contributed by atoms with Crippen LogP contribution in [0.4, 0.5) is 11.6 Å². The smallest absolute Gasteiger partial charge is 0.251 e. The Morgan fingerprint density at radius 2 is 1.93 bits per heavy atom. The molecule has 0 aliphatic carbocycles. The number of nitrogens with zero attached hydrogens (tertiary/aromatic N) is 3. The minimum atomic E-state index is -0.154. The molecule has 0 spiro atoms. The van der Waals surface area contributed by atoms with Crippen molar-refractivity contribution in [2.45, 2.75) is 0 Å². The number of nitrogens with two attached hydrogens (primary N) is 1. The van der Waals surface area contributed by atoms with E-state index in [9.17, 15) is 4.79 Å². The van der Waals surface area contributed by atoms with Crippen LogP contribution in [0.15, 0.2) is 66.9 Å². The molecular formula is C21H19ClN6O. The lowest BCUT2D eigenvalue weighted by Gasteiger charge is -2.05. The number of anilines is 2. The Morgan fingerprint density at radius 1 is 1.10 bits per heavy atom. The quantitative estimate of drug-likeness (QED) is 0.455. The second-order valence-electron chi connectivity index (χ2n) is 6.38. The minimum Gasteiger partial charge on any atom is -0.351 e. The highest BCUT2D eigenvalue weighted by Crippen LogP contribution is 2.27. The average molecular weight is 407 g/mol. The van der Waals surface area contributed by atoms with Crippen LogP contribution in [-0.4, -0.2) is 33.6 Å². The van der Waals surface area contributed by atoms with Gasteiger partial charge in [0, 0.05) is 41.1 Å². The summed E-state index contributed by atoms with van der Waals surface area (Å²) in [5.41, 5.74) is 9.37. The number of amides is 1. The van der Waals surface area contributed by atoms with Crippen molar-refractivity contribution in [2.75, 3.05) is 18.4 Å². The summed E-state index contributed by atoms with van der Waals surface area (Å²) in [6.07, 6.45) is 1.84. The molecule has 1 amide bonds. The van der Waals surface area contributed by atoms with Crippen LogP contribution < -0.4 is 16.4 Å². The number of nitrogens with one attached hydrogen (secondary N) is 2. The van der Waals surface area contributed by atoms with Gasteiger partial charge in [-0.25, -0.2) is 4.52 Å². The first-order valence-corrected chi connectivity index (χ1v) is 9.48. The molecule has 29 heavy (non-hydrogen) atoms. The zero-order valence-corrected chi connectivity index (χ0v) is 16.2. The van der Waals surface area contributed by atoms with Crippen LogP contribution in [0.3, 0.4) is 0 Å². The second-order valence-corrected chi connectivity index (χ2v) is 6.82. The zero-order chi connectivity index (χ0) is 20.2. The van der Waals surface area contributed by atoms with Crippen LogP contribution in [0.1, 0.15) is 10.4 Å². The molecule has 8 heteroatoms. The predicted octanol–water partition coefficient (Wildman–Crippen LogP) is 3.48. The summed E-state index contributed by atoms with van der Waals surface area (Å²) in [6, 6.07) is 18.6. The Morgan fingerprint density at radius 3 is 2.69 bits per heavy atom. The number of aromatic nitrogens is 3. The summed E-state index contributed by atoms with van der Waals surface area (Å²) in [6.45, 7) is 0.848. The van der Waals surface area contributed by atoms with Gasteiger partial charge in [0.05, 0.1) is 0 Å². The Balaban J connectivity index is 1.58. The van der Waals surface area contributed by atoms with Crippen molar-refractivity contribution >= 4 is 34.8 Å². The van der Waals surface area contributed by atoms with Gasteiger partial charge < -0.3 is 16.4 Å². The number of hydrogen-bond acceptors (Lipinski definition) is 5. The molecule has 2 aromatic carbocycles. The van der Waals surface area contributed by atoms with Crippen molar-refractivity contribution in [3.63, 3.8) is 0 Å². The Hall–Kier alpha value is -3.42. The van der Waals surface area contributed by atoms with E-state index in [0.717, 1.165) is 22.5 Å². The SMILES string of the molecule is NCCNC(=O)c1ccc(Nc2nc3c(-c4cccc(Cl)c4)cccn3n2)cc1. The molecule has 2 aromatic heterocycles. The largest absolute Gasteiger partial charge is 0.351 e. The van der Waals surface area contributed by atoms with Gasteiger partial charge in [0.25, 0.3) is 5.91 Å². The van der Waals surface area contributed by atoms with Crippen molar-refractivity contribution in [2.24, 2.45) is 5.73 Å². The number of carbonyl (C=O) groups is 1. The summed E-state index contributed by atoms with van der Waals surface area (Å²) in [4.78, 5) is 16.6. The van der Waals surface area contributed by atoms with Crippen LogP contribution in [0.2, 0.25) is 5.02 Å². The van der Waals surface area contributed by atoms with Gasteiger partial charge in [-0.1, -0.05) is 23.7 Å². The standard InChI is InChI=1S/C21H19ClN6O/c22-16-4-1-3-15(13-16)18-5-2-12-28-19(18)26-21(27-28)25-17-8-6-14(7-9-17)20(29)24-11-10-23/h1-9,12-13H,10-11,23H2,(H,24,29)(H,25,27). The van der Waals surface area contributed by atoms with Crippen molar-refractivity contribution < 1.29 is 4.79 Å². The van der Waals surface area contributed by atoms with Crippen molar-refractivity contribution in [1.82, 2.24) is 19.9 Å². The maximum absolute atomic E-state index is 12.0.